The van der Waals surface area contributed by atoms with Gasteiger partial charge in [0.2, 0.25) is 0 Å². The molecule has 4 heteroatoms. The van der Waals surface area contributed by atoms with Crippen molar-refractivity contribution in [3.63, 3.8) is 0 Å². The van der Waals surface area contributed by atoms with Gasteiger partial charge in [-0.3, -0.25) is 4.79 Å². The number of aliphatic hydroxyl groups excluding tert-OH is 2. The normalized spacial score (nSPS) is 33.4. The van der Waals surface area contributed by atoms with Crippen molar-refractivity contribution in [1.82, 2.24) is 0 Å². The highest BCUT2D eigenvalue weighted by Gasteiger charge is 2.63. The average molecular weight is 471 g/mol. The monoisotopic (exact) mass is 470 g/mol. The maximum Gasteiger partial charge on any atom is 0.145 e. The van der Waals surface area contributed by atoms with E-state index < -0.39 is 17.1 Å². The smallest absolute Gasteiger partial charge is 0.145 e. The number of hydrogen-bond acceptors (Lipinski definition) is 4. The third-order valence-electron chi connectivity index (χ3n) is 8.30. The van der Waals surface area contributed by atoms with Crippen LogP contribution < -0.4 is 0 Å². The maximum absolute atomic E-state index is 11.7. The fraction of sp³-hybridized carbons (Fsp3) is 0.633. The van der Waals surface area contributed by atoms with Gasteiger partial charge in [-0.2, -0.15) is 0 Å². The lowest BCUT2D eigenvalue weighted by molar-refractivity contribution is -0.167. The second-order valence-corrected chi connectivity index (χ2v) is 10.9. The van der Waals surface area contributed by atoms with Crippen LogP contribution in [-0.2, 0) is 4.79 Å². The van der Waals surface area contributed by atoms with Gasteiger partial charge in [-0.25, -0.2) is 0 Å². The van der Waals surface area contributed by atoms with Gasteiger partial charge in [-0.1, -0.05) is 47.6 Å². The molecule has 2 fully saturated rings. The van der Waals surface area contributed by atoms with E-state index in [1.165, 1.54) is 11.1 Å². The first kappa shape index (κ1) is 28.5. The summed E-state index contributed by atoms with van der Waals surface area (Å²) < 4.78 is 0. The van der Waals surface area contributed by atoms with E-state index in [4.69, 9.17) is 0 Å². The molecule has 0 aromatic heterocycles. The molecule has 0 saturated heterocycles. The fourth-order valence-electron chi connectivity index (χ4n) is 6.29. The van der Waals surface area contributed by atoms with E-state index in [0.717, 1.165) is 36.7 Å². The maximum atomic E-state index is 11.7. The van der Waals surface area contributed by atoms with Crippen LogP contribution in [0.5, 0.6) is 0 Å². The molecule has 2 saturated carbocycles. The van der Waals surface area contributed by atoms with Crippen molar-refractivity contribution in [2.24, 2.45) is 17.3 Å². The molecule has 2 rings (SSSR count). The van der Waals surface area contributed by atoms with E-state index in [1.54, 1.807) is 0 Å². The second-order valence-electron chi connectivity index (χ2n) is 10.9. The summed E-state index contributed by atoms with van der Waals surface area (Å²) >= 11 is 0. The Balaban J connectivity index is 2.28. The average Bonchev–Trinajstić information content (AvgIpc) is 3.12. The molecule has 3 N–H and O–H groups in total. The van der Waals surface area contributed by atoms with E-state index in [0.29, 0.717) is 37.7 Å². The zero-order valence-corrected chi connectivity index (χ0v) is 21.9. The minimum atomic E-state index is -1.06. The first-order valence-corrected chi connectivity index (χ1v) is 12.8. The standard InChI is InChI=1S/C30H46O4/c1-21(2)10-7-11-22(3)12-8-13-23(4)26-16-18-30(28(26)33)27(14-9-19-31)25(24(5)20-32)15-17-29(30,6)34/h8,10,12-13,20,26-28,31,33-34H,4,7,9,11,14-19H2,1-3,5-6H3/b13-8+,22-12+,25-24+/t26-,27+,28-,29-,30-/m0/s1. The minimum Gasteiger partial charge on any atom is -0.396 e. The van der Waals surface area contributed by atoms with Gasteiger partial charge in [0, 0.05) is 17.9 Å². The molecule has 2 aliphatic rings. The van der Waals surface area contributed by atoms with E-state index >= 15 is 0 Å². The molecule has 2 aliphatic carbocycles. The number of hydrogen-bond donors (Lipinski definition) is 3. The van der Waals surface area contributed by atoms with Crippen molar-refractivity contribution in [3.05, 3.63) is 58.7 Å². The first-order chi connectivity index (χ1) is 16.0. The predicted octanol–water partition coefficient (Wildman–Crippen LogP) is 6.00. The Morgan fingerprint density at radius 1 is 1.21 bits per heavy atom. The lowest BCUT2D eigenvalue weighted by atomic mass is 9.52. The summed E-state index contributed by atoms with van der Waals surface area (Å²) in [5.41, 5.74) is 3.42. The van der Waals surface area contributed by atoms with Crippen LogP contribution in [0.1, 0.15) is 86.0 Å². The quantitative estimate of drug-likeness (QED) is 0.158. The van der Waals surface area contributed by atoms with Gasteiger partial charge in [0.05, 0.1) is 11.7 Å². The topological polar surface area (TPSA) is 77.8 Å². The van der Waals surface area contributed by atoms with E-state index in [2.05, 4.69) is 39.5 Å². The second kappa shape index (κ2) is 12.3. The molecule has 34 heavy (non-hydrogen) atoms. The lowest BCUT2D eigenvalue weighted by Crippen LogP contribution is -2.59. The number of carbonyl (C=O) groups excluding carboxylic acids is 1. The molecule has 1 spiro atoms. The number of allylic oxidation sites excluding steroid dienone is 8. The Bertz CT molecular complexity index is 853. The predicted molar refractivity (Wildman–Crippen MR) is 140 cm³/mol. The summed E-state index contributed by atoms with van der Waals surface area (Å²) in [5, 5.41) is 32.9. The first-order valence-electron chi connectivity index (χ1n) is 12.8. The SMILES string of the molecule is C=C(/C=C/C=C(\C)CCC=C(C)C)[C@@H]1CC[C@]2([C@H](CCCO)/C(=C(\C)C=O)CC[C@]2(C)O)[C@H]1O. The Morgan fingerprint density at radius 3 is 2.53 bits per heavy atom. The van der Waals surface area contributed by atoms with Crippen molar-refractivity contribution in [2.75, 3.05) is 6.61 Å². The Morgan fingerprint density at radius 2 is 1.91 bits per heavy atom. The van der Waals surface area contributed by atoms with Crippen molar-refractivity contribution < 1.29 is 20.1 Å². The van der Waals surface area contributed by atoms with Crippen LogP contribution in [-0.4, -0.2) is 39.9 Å². The minimum absolute atomic E-state index is 0.0520. The zero-order chi connectivity index (χ0) is 25.5. The molecule has 0 aliphatic heterocycles. The highest BCUT2D eigenvalue weighted by molar-refractivity contribution is 5.74. The molecule has 0 heterocycles. The van der Waals surface area contributed by atoms with Crippen molar-refractivity contribution in [2.45, 2.75) is 97.7 Å². The molecule has 0 radical (unpaired) electrons. The number of rotatable bonds is 10. The summed E-state index contributed by atoms with van der Waals surface area (Å²) in [6, 6.07) is 0. The Hall–Kier alpha value is -1.75. The molecule has 4 nitrogen and oxygen atoms in total. The molecule has 190 valence electrons. The summed E-state index contributed by atoms with van der Waals surface area (Å²) in [7, 11) is 0. The molecule has 0 aromatic carbocycles. The zero-order valence-electron chi connectivity index (χ0n) is 21.9. The molecular formula is C30H46O4. The fourth-order valence-corrected chi connectivity index (χ4v) is 6.29. The van der Waals surface area contributed by atoms with Crippen LogP contribution in [0.4, 0.5) is 0 Å². The molecule has 0 bridgehead atoms. The highest BCUT2D eigenvalue weighted by atomic mass is 16.3. The lowest BCUT2D eigenvalue weighted by Gasteiger charge is -2.55. The van der Waals surface area contributed by atoms with Crippen molar-refractivity contribution in [3.8, 4) is 0 Å². The van der Waals surface area contributed by atoms with Crippen LogP contribution in [0, 0.1) is 17.3 Å². The van der Waals surface area contributed by atoms with Gasteiger partial charge in [-0.15, -0.1) is 0 Å². The molecule has 0 unspecified atom stereocenters. The van der Waals surface area contributed by atoms with Gasteiger partial charge >= 0.3 is 0 Å². The summed E-state index contributed by atoms with van der Waals surface area (Å²) in [4.78, 5) is 11.7. The van der Waals surface area contributed by atoms with E-state index in [9.17, 15) is 20.1 Å². The van der Waals surface area contributed by atoms with Crippen LogP contribution in [0.3, 0.4) is 0 Å². The van der Waals surface area contributed by atoms with E-state index in [-0.39, 0.29) is 18.4 Å². The van der Waals surface area contributed by atoms with Crippen LogP contribution in [0.25, 0.3) is 0 Å². The van der Waals surface area contributed by atoms with Crippen LogP contribution >= 0.6 is 0 Å². The third-order valence-corrected chi connectivity index (χ3v) is 8.30. The number of carbonyl (C=O) groups is 1. The van der Waals surface area contributed by atoms with Gasteiger partial charge in [0.25, 0.3) is 0 Å². The van der Waals surface area contributed by atoms with E-state index in [1.807, 2.05) is 26.0 Å². The molecule has 0 aromatic rings. The summed E-state index contributed by atoms with van der Waals surface area (Å²) in [5.74, 6) is -0.280. The third kappa shape index (κ3) is 6.08. The van der Waals surface area contributed by atoms with Gasteiger partial charge in [-0.05, 0) is 103 Å². The highest BCUT2D eigenvalue weighted by Crippen LogP contribution is 2.62. The Kier molecular flexibility index (Phi) is 10.3. The van der Waals surface area contributed by atoms with Gasteiger partial charge in [0.15, 0.2) is 0 Å². The number of aldehydes is 1. The summed E-state index contributed by atoms with van der Waals surface area (Å²) in [6.45, 7) is 14.3. The summed E-state index contributed by atoms with van der Waals surface area (Å²) in [6.07, 6.45) is 14.3. The largest absolute Gasteiger partial charge is 0.396 e. The Labute approximate surface area is 206 Å². The van der Waals surface area contributed by atoms with Crippen LogP contribution in [0.2, 0.25) is 0 Å². The van der Waals surface area contributed by atoms with Crippen molar-refractivity contribution in [1.29, 1.82) is 0 Å². The molecule has 5 atom stereocenters. The van der Waals surface area contributed by atoms with Gasteiger partial charge in [0.1, 0.15) is 6.29 Å². The van der Waals surface area contributed by atoms with Gasteiger partial charge < -0.3 is 15.3 Å². The van der Waals surface area contributed by atoms with Crippen molar-refractivity contribution >= 4 is 6.29 Å². The molecular weight excluding hydrogens is 424 g/mol. The number of aliphatic hydroxyl groups is 3. The van der Waals surface area contributed by atoms with Crippen LogP contribution in [0.15, 0.2) is 58.7 Å². The molecule has 0 amide bonds.